The van der Waals surface area contributed by atoms with Gasteiger partial charge in [-0.25, -0.2) is 0 Å². The summed E-state index contributed by atoms with van der Waals surface area (Å²) in [6.45, 7) is 8.67. The Labute approximate surface area is 179 Å². The lowest BCUT2D eigenvalue weighted by atomic mass is 9.91. The molecule has 0 unspecified atom stereocenters. The Morgan fingerprint density at radius 1 is 0.900 bits per heavy atom. The van der Waals surface area contributed by atoms with E-state index < -0.39 is 0 Å². The number of likely N-dealkylation sites (tertiary alicyclic amines) is 1. The van der Waals surface area contributed by atoms with Gasteiger partial charge >= 0.3 is 0 Å². The molecule has 30 heavy (non-hydrogen) atoms. The molecule has 1 aliphatic heterocycles. The summed E-state index contributed by atoms with van der Waals surface area (Å²) in [7, 11) is 0. The summed E-state index contributed by atoms with van der Waals surface area (Å²) >= 11 is 0. The summed E-state index contributed by atoms with van der Waals surface area (Å²) in [4.78, 5) is 26.8. The van der Waals surface area contributed by atoms with Gasteiger partial charge in [-0.1, -0.05) is 56.3 Å². The van der Waals surface area contributed by atoms with Crippen LogP contribution in [0.1, 0.15) is 48.2 Å². The number of hydrogen-bond donors (Lipinski definition) is 2. The fourth-order valence-corrected chi connectivity index (χ4v) is 4.31. The minimum absolute atomic E-state index is 0.0571. The molecule has 2 N–H and O–H groups in total. The topological polar surface area (TPSA) is 61.4 Å². The molecule has 5 nitrogen and oxygen atoms in total. The lowest BCUT2D eigenvalue weighted by molar-refractivity contribution is -0.121. The van der Waals surface area contributed by atoms with E-state index in [1.165, 1.54) is 12.0 Å². The van der Waals surface area contributed by atoms with Crippen LogP contribution >= 0.6 is 0 Å². The monoisotopic (exact) mass is 407 g/mol. The van der Waals surface area contributed by atoms with Crippen LogP contribution in [0.3, 0.4) is 0 Å². The second-order valence-electron chi connectivity index (χ2n) is 8.56. The number of amides is 2. The molecule has 1 fully saturated rings. The van der Waals surface area contributed by atoms with Gasteiger partial charge in [-0.05, 0) is 41.5 Å². The van der Waals surface area contributed by atoms with E-state index in [1.807, 2.05) is 24.3 Å². The van der Waals surface area contributed by atoms with Crippen molar-refractivity contribution < 1.29 is 9.59 Å². The first-order chi connectivity index (χ1) is 14.5. The molecule has 1 saturated heterocycles. The molecule has 2 atom stereocenters. The van der Waals surface area contributed by atoms with Gasteiger partial charge in [-0.15, -0.1) is 0 Å². The first-order valence-electron chi connectivity index (χ1n) is 10.9. The Hall–Kier alpha value is -2.66. The van der Waals surface area contributed by atoms with Gasteiger partial charge < -0.3 is 10.6 Å². The summed E-state index contributed by atoms with van der Waals surface area (Å²) < 4.78 is 0. The Morgan fingerprint density at radius 3 is 2.23 bits per heavy atom. The zero-order chi connectivity index (χ0) is 21.3. The standard InChI is InChI=1S/C25H33N3O2/c1-19-14-20(2)17-28(16-19)18-23-11-7-6-10-22(23)15-27-24(29)12-13-26-25(30)21-8-4-3-5-9-21/h3-11,19-20H,12-18H2,1-2H3,(H,26,30)(H,27,29)/t19-,20+. The van der Waals surface area contributed by atoms with Crippen molar-refractivity contribution in [3.63, 3.8) is 0 Å². The predicted octanol–water partition coefficient (Wildman–Crippen LogP) is 3.60. The summed E-state index contributed by atoms with van der Waals surface area (Å²) in [5, 5.41) is 5.79. The number of piperidine rings is 1. The number of carbonyl (C=O) groups excluding carboxylic acids is 2. The van der Waals surface area contributed by atoms with Crippen LogP contribution in [0, 0.1) is 11.8 Å². The van der Waals surface area contributed by atoms with Gasteiger partial charge in [-0.3, -0.25) is 14.5 Å². The maximum atomic E-state index is 12.2. The molecule has 0 aromatic heterocycles. The highest BCUT2D eigenvalue weighted by molar-refractivity contribution is 5.94. The van der Waals surface area contributed by atoms with E-state index in [0.717, 1.165) is 37.0 Å². The molecule has 0 spiro atoms. The zero-order valence-electron chi connectivity index (χ0n) is 18.1. The fourth-order valence-electron chi connectivity index (χ4n) is 4.31. The molecule has 0 aliphatic carbocycles. The Bertz CT molecular complexity index is 827. The molecule has 3 rings (SSSR count). The third kappa shape index (κ3) is 6.70. The number of rotatable bonds is 8. The van der Waals surface area contributed by atoms with Crippen LogP contribution in [0.5, 0.6) is 0 Å². The maximum absolute atomic E-state index is 12.2. The maximum Gasteiger partial charge on any atom is 0.251 e. The van der Waals surface area contributed by atoms with E-state index in [2.05, 4.69) is 47.6 Å². The van der Waals surface area contributed by atoms with Gasteiger partial charge in [0.05, 0.1) is 0 Å². The third-order valence-electron chi connectivity index (χ3n) is 5.61. The molecule has 160 valence electrons. The molecular weight excluding hydrogens is 374 g/mol. The van der Waals surface area contributed by atoms with Crippen molar-refractivity contribution in [2.24, 2.45) is 11.8 Å². The minimum atomic E-state index is -0.154. The Balaban J connectivity index is 1.45. The largest absolute Gasteiger partial charge is 0.352 e. The van der Waals surface area contributed by atoms with Crippen molar-refractivity contribution in [2.75, 3.05) is 19.6 Å². The molecule has 0 radical (unpaired) electrons. The fraction of sp³-hybridized carbons (Fsp3) is 0.440. The lowest BCUT2D eigenvalue weighted by Crippen LogP contribution is -2.38. The molecule has 1 aliphatic rings. The van der Waals surface area contributed by atoms with Crippen LogP contribution < -0.4 is 10.6 Å². The number of nitrogens with one attached hydrogen (secondary N) is 2. The van der Waals surface area contributed by atoms with Crippen molar-refractivity contribution in [3.8, 4) is 0 Å². The Kier molecular flexibility index (Phi) is 8.03. The SMILES string of the molecule is C[C@@H]1C[C@H](C)CN(Cc2ccccc2CNC(=O)CCNC(=O)c2ccccc2)C1. The number of carbonyl (C=O) groups is 2. The van der Waals surface area contributed by atoms with E-state index >= 15 is 0 Å². The molecule has 2 amide bonds. The zero-order valence-corrected chi connectivity index (χ0v) is 18.1. The lowest BCUT2D eigenvalue weighted by Gasteiger charge is -2.35. The van der Waals surface area contributed by atoms with Crippen LogP contribution in [-0.2, 0) is 17.9 Å². The summed E-state index contributed by atoms with van der Waals surface area (Å²) in [5.41, 5.74) is 3.04. The van der Waals surface area contributed by atoms with E-state index in [4.69, 9.17) is 0 Å². The summed E-state index contributed by atoms with van der Waals surface area (Å²) in [5.74, 6) is 1.25. The molecular formula is C25H33N3O2. The van der Waals surface area contributed by atoms with Crippen molar-refractivity contribution in [2.45, 2.75) is 39.8 Å². The van der Waals surface area contributed by atoms with Gasteiger partial charge in [0.2, 0.25) is 5.91 Å². The minimum Gasteiger partial charge on any atom is -0.352 e. The molecule has 0 bridgehead atoms. The second kappa shape index (κ2) is 10.9. The van der Waals surface area contributed by atoms with Crippen molar-refractivity contribution in [3.05, 3.63) is 71.3 Å². The molecule has 5 heteroatoms. The van der Waals surface area contributed by atoms with Crippen molar-refractivity contribution in [1.82, 2.24) is 15.5 Å². The van der Waals surface area contributed by atoms with Gasteiger partial charge in [0.1, 0.15) is 0 Å². The van der Waals surface area contributed by atoms with Gasteiger partial charge in [0, 0.05) is 44.7 Å². The van der Waals surface area contributed by atoms with E-state index in [9.17, 15) is 9.59 Å². The molecule has 2 aromatic rings. The highest BCUT2D eigenvalue weighted by Crippen LogP contribution is 2.23. The van der Waals surface area contributed by atoms with Gasteiger partial charge in [0.25, 0.3) is 5.91 Å². The normalized spacial score (nSPS) is 19.3. The highest BCUT2D eigenvalue weighted by atomic mass is 16.2. The number of benzene rings is 2. The Morgan fingerprint density at radius 2 is 1.53 bits per heavy atom. The van der Waals surface area contributed by atoms with Crippen molar-refractivity contribution >= 4 is 11.8 Å². The van der Waals surface area contributed by atoms with Crippen LogP contribution in [0.15, 0.2) is 54.6 Å². The van der Waals surface area contributed by atoms with Crippen LogP contribution in [0.2, 0.25) is 0 Å². The predicted molar refractivity (Wildman–Crippen MR) is 120 cm³/mol. The number of hydrogen-bond acceptors (Lipinski definition) is 3. The van der Waals surface area contributed by atoms with E-state index in [0.29, 0.717) is 18.7 Å². The van der Waals surface area contributed by atoms with Crippen LogP contribution in [-0.4, -0.2) is 36.3 Å². The van der Waals surface area contributed by atoms with Gasteiger partial charge in [0.15, 0.2) is 0 Å². The second-order valence-corrected chi connectivity index (χ2v) is 8.56. The highest BCUT2D eigenvalue weighted by Gasteiger charge is 2.22. The van der Waals surface area contributed by atoms with Crippen LogP contribution in [0.4, 0.5) is 0 Å². The first-order valence-corrected chi connectivity index (χ1v) is 10.9. The van der Waals surface area contributed by atoms with Crippen molar-refractivity contribution in [1.29, 1.82) is 0 Å². The average molecular weight is 408 g/mol. The van der Waals surface area contributed by atoms with E-state index in [-0.39, 0.29) is 18.2 Å². The smallest absolute Gasteiger partial charge is 0.251 e. The summed E-state index contributed by atoms with van der Waals surface area (Å²) in [6, 6.07) is 17.4. The van der Waals surface area contributed by atoms with Crippen LogP contribution in [0.25, 0.3) is 0 Å². The quantitative estimate of drug-likeness (QED) is 0.703. The molecule has 0 saturated carbocycles. The number of nitrogens with zero attached hydrogens (tertiary/aromatic N) is 1. The third-order valence-corrected chi connectivity index (χ3v) is 5.61. The van der Waals surface area contributed by atoms with Gasteiger partial charge in [-0.2, -0.15) is 0 Å². The summed E-state index contributed by atoms with van der Waals surface area (Å²) in [6.07, 6.45) is 1.57. The first kappa shape index (κ1) is 22.0. The molecule has 1 heterocycles. The molecule has 2 aromatic carbocycles. The van der Waals surface area contributed by atoms with E-state index in [1.54, 1.807) is 12.1 Å². The average Bonchev–Trinajstić information content (AvgIpc) is 2.73.